The maximum absolute atomic E-state index is 2.36. The van der Waals surface area contributed by atoms with Crippen LogP contribution >= 0.6 is 0 Å². The summed E-state index contributed by atoms with van der Waals surface area (Å²) in [7, 11) is 0. The molecule has 0 fully saturated rings. The van der Waals surface area contributed by atoms with E-state index in [1.54, 1.807) is 0 Å². The van der Waals surface area contributed by atoms with Crippen LogP contribution in [0.25, 0.3) is 38.6 Å². The van der Waals surface area contributed by atoms with Gasteiger partial charge in [-0.3, -0.25) is 0 Å². The van der Waals surface area contributed by atoms with Crippen molar-refractivity contribution in [1.29, 1.82) is 0 Å². The highest BCUT2D eigenvalue weighted by Crippen LogP contribution is 2.42. The number of nitrogens with zero attached hydrogens (tertiary/aromatic N) is 4. The molecule has 4 heteroatoms. The Labute approximate surface area is 374 Å². The first-order chi connectivity index (χ1) is 31.8. The lowest BCUT2D eigenvalue weighted by atomic mass is 10.0. The lowest BCUT2D eigenvalue weighted by molar-refractivity contribution is 1.18. The number of anilines is 9. The molecule has 64 heavy (non-hydrogen) atoms. The first-order valence-corrected chi connectivity index (χ1v) is 21.8. The minimum absolute atomic E-state index is 1.06. The third kappa shape index (κ3) is 7.33. The van der Waals surface area contributed by atoms with E-state index in [9.17, 15) is 0 Å². The molecule has 11 aromatic rings. The lowest BCUT2D eigenvalue weighted by Crippen LogP contribution is -2.13. The standard InChI is InChI=1S/C60H44N4/c1-5-17-47(18-6-1)61(48-19-7-2-8-20-48)52-37-41-54(42-38-52)63(55-43-39-53(40-44-55)62(49-21-9-3-10-22-49)50-23-11-4-12-24-50)51-33-29-45(30-34-51)46-31-35-56(36-32-46)64-59-27-15-13-25-57(59)58-26-14-16-28-60(58)64/h1-44H. The van der Waals surface area contributed by atoms with Crippen molar-refractivity contribution in [1.82, 2.24) is 4.57 Å². The van der Waals surface area contributed by atoms with Gasteiger partial charge in [0.15, 0.2) is 0 Å². The van der Waals surface area contributed by atoms with Crippen molar-refractivity contribution < 1.29 is 0 Å². The van der Waals surface area contributed by atoms with Crippen molar-refractivity contribution in [3.05, 3.63) is 267 Å². The fourth-order valence-electron chi connectivity index (χ4n) is 8.96. The Balaban J connectivity index is 0.960. The number of rotatable bonds is 11. The Hall–Kier alpha value is -8.60. The van der Waals surface area contributed by atoms with Gasteiger partial charge in [0.1, 0.15) is 0 Å². The molecule has 0 unspecified atom stereocenters. The van der Waals surface area contributed by atoms with Gasteiger partial charge in [-0.05, 0) is 145 Å². The summed E-state index contributed by atoms with van der Waals surface area (Å²) in [6.45, 7) is 0. The summed E-state index contributed by atoms with van der Waals surface area (Å²) in [5.41, 5.74) is 15.7. The van der Waals surface area contributed by atoms with E-state index in [2.05, 4.69) is 286 Å². The molecule has 304 valence electrons. The molecule has 0 saturated carbocycles. The van der Waals surface area contributed by atoms with Crippen LogP contribution in [-0.2, 0) is 0 Å². The number of benzene rings is 10. The summed E-state index contributed by atoms with van der Waals surface area (Å²) in [5.74, 6) is 0. The molecule has 0 N–H and O–H groups in total. The minimum atomic E-state index is 1.06. The van der Waals surface area contributed by atoms with Gasteiger partial charge < -0.3 is 19.3 Å². The van der Waals surface area contributed by atoms with Crippen molar-refractivity contribution in [2.75, 3.05) is 14.7 Å². The molecule has 0 bridgehead atoms. The van der Waals surface area contributed by atoms with E-state index in [0.29, 0.717) is 0 Å². The third-order valence-corrected chi connectivity index (χ3v) is 12.0. The van der Waals surface area contributed by atoms with Crippen molar-refractivity contribution in [3.8, 4) is 16.8 Å². The topological polar surface area (TPSA) is 14.7 Å². The van der Waals surface area contributed by atoms with E-state index in [-0.39, 0.29) is 0 Å². The van der Waals surface area contributed by atoms with Crippen LogP contribution in [-0.4, -0.2) is 4.57 Å². The fourth-order valence-corrected chi connectivity index (χ4v) is 8.96. The monoisotopic (exact) mass is 820 g/mol. The molecule has 11 rings (SSSR count). The SMILES string of the molecule is c1ccc(N(c2ccccc2)c2ccc(N(c3ccc(-c4ccc(-n5c6ccccc6c6ccccc65)cc4)cc3)c3ccc(N(c4ccccc4)c4ccccc4)cc3)cc2)cc1. The van der Waals surface area contributed by atoms with E-state index in [0.717, 1.165) is 62.4 Å². The third-order valence-electron chi connectivity index (χ3n) is 12.0. The van der Waals surface area contributed by atoms with E-state index >= 15 is 0 Å². The largest absolute Gasteiger partial charge is 0.311 e. The molecule has 0 radical (unpaired) electrons. The zero-order valence-corrected chi connectivity index (χ0v) is 35.2. The molecule has 0 aliphatic carbocycles. The summed E-state index contributed by atoms with van der Waals surface area (Å²) in [6.07, 6.45) is 0. The molecule has 1 heterocycles. The maximum Gasteiger partial charge on any atom is 0.0541 e. The van der Waals surface area contributed by atoms with Gasteiger partial charge in [-0.2, -0.15) is 0 Å². The normalized spacial score (nSPS) is 11.1. The Morgan fingerprint density at radius 1 is 0.203 bits per heavy atom. The Bertz CT molecular complexity index is 3020. The zero-order valence-electron chi connectivity index (χ0n) is 35.2. The van der Waals surface area contributed by atoms with Crippen LogP contribution in [0.1, 0.15) is 0 Å². The van der Waals surface area contributed by atoms with E-state index in [4.69, 9.17) is 0 Å². The van der Waals surface area contributed by atoms with Crippen LogP contribution in [0.4, 0.5) is 51.2 Å². The molecule has 0 aliphatic rings. The predicted molar refractivity (Wildman–Crippen MR) is 270 cm³/mol. The Morgan fingerprint density at radius 2 is 0.438 bits per heavy atom. The summed E-state index contributed by atoms with van der Waals surface area (Å²) in [6, 6.07) is 95.2. The lowest BCUT2D eigenvalue weighted by Gasteiger charge is -2.29. The molecular weight excluding hydrogens is 777 g/mol. The number of hydrogen-bond acceptors (Lipinski definition) is 3. The summed E-state index contributed by atoms with van der Waals surface area (Å²) in [5, 5.41) is 2.53. The van der Waals surface area contributed by atoms with Gasteiger partial charge in [-0.25, -0.2) is 0 Å². The van der Waals surface area contributed by atoms with Crippen LogP contribution in [0, 0.1) is 0 Å². The molecule has 0 spiro atoms. The smallest absolute Gasteiger partial charge is 0.0541 e. The van der Waals surface area contributed by atoms with Crippen LogP contribution in [0.3, 0.4) is 0 Å². The first kappa shape index (κ1) is 38.3. The molecule has 0 atom stereocenters. The Morgan fingerprint density at radius 3 is 0.750 bits per heavy atom. The van der Waals surface area contributed by atoms with Crippen molar-refractivity contribution in [2.24, 2.45) is 0 Å². The quantitative estimate of drug-likeness (QED) is 0.129. The molecule has 1 aromatic heterocycles. The predicted octanol–water partition coefficient (Wildman–Crippen LogP) is 16.9. The van der Waals surface area contributed by atoms with Crippen molar-refractivity contribution >= 4 is 73.0 Å². The van der Waals surface area contributed by atoms with E-state index in [1.165, 1.54) is 27.4 Å². The average molecular weight is 821 g/mol. The van der Waals surface area contributed by atoms with E-state index in [1.807, 2.05) is 0 Å². The summed E-state index contributed by atoms with van der Waals surface area (Å²) < 4.78 is 2.36. The van der Waals surface area contributed by atoms with Gasteiger partial charge in [0.25, 0.3) is 0 Å². The van der Waals surface area contributed by atoms with Gasteiger partial charge in [0, 0.05) is 67.6 Å². The second-order valence-electron chi connectivity index (χ2n) is 15.8. The van der Waals surface area contributed by atoms with Gasteiger partial charge >= 0.3 is 0 Å². The van der Waals surface area contributed by atoms with Crippen LogP contribution in [0.5, 0.6) is 0 Å². The van der Waals surface area contributed by atoms with Crippen LogP contribution in [0.15, 0.2) is 267 Å². The first-order valence-electron chi connectivity index (χ1n) is 21.8. The minimum Gasteiger partial charge on any atom is -0.311 e. The second kappa shape index (κ2) is 17.0. The number of fused-ring (bicyclic) bond motifs is 3. The fraction of sp³-hybridized carbons (Fsp3) is 0. The van der Waals surface area contributed by atoms with Crippen LogP contribution in [0.2, 0.25) is 0 Å². The number of para-hydroxylation sites is 6. The molecule has 4 nitrogen and oxygen atoms in total. The highest BCUT2D eigenvalue weighted by molar-refractivity contribution is 6.09. The zero-order chi connectivity index (χ0) is 42.7. The second-order valence-corrected chi connectivity index (χ2v) is 15.8. The van der Waals surface area contributed by atoms with Crippen molar-refractivity contribution in [3.63, 3.8) is 0 Å². The Kier molecular flexibility index (Phi) is 10.2. The maximum atomic E-state index is 2.36. The van der Waals surface area contributed by atoms with Crippen molar-refractivity contribution in [2.45, 2.75) is 0 Å². The summed E-state index contributed by atoms with van der Waals surface area (Å²) in [4.78, 5) is 6.94. The highest BCUT2D eigenvalue weighted by Gasteiger charge is 2.18. The average Bonchev–Trinajstić information content (AvgIpc) is 3.71. The number of hydrogen-bond donors (Lipinski definition) is 0. The molecule has 0 amide bonds. The highest BCUT2D eigenvalue weighted by atomic mass is 15.2. The molecular formula is C60H44N4. The molecule has 0 aliphatic heterocycles. The van der Waals surface area contributed by atoms with Gasteiger partial charge in [0.05, 0.1) is 11.0 Å². The molecule has 10 aromatic carbocycles. The van der Waals surface area contributed by atoms with Gasteiger partial charge in [-0.1, -0.05) is 133 Å². The van der Waals surface area contributed by atoms with Crippen LogP contribution < -0.4 is 14.7 Å². The van der Waals surface area contributed by atoms with E-state index < -0.39 is 0 Å². The number of aromatic nitrogens is 1. The van der Waals surface area contributed by atoms with Gasteiger partial charge in [-0.15, -0.1) is 0 Å². The van der Waals surface area contributed by atoms with Gasteiger partial charge in [0.2, 0.25) is 0 Å². The molecule has 0 saturated heterocycles. The summed E-state index contributed by atoms with van der Waals surface area (Å²) >= 11 is 0.